The summed E-state index contributed by atoms with van der Waals surface area (Å²) in [5.41, 5.74) is 1.12. The summed E-state index contributed by atoms with van der Waals surface area (Å²) in [6.45, 7) is 0. The molecule has 0 saturated carbocycles. The highest BCUT2D eigenvalue weighted by Crippen LogP contribution is 2.34. The maximum atomic E-state index is 10.9. The summed E-state index contributed by atoms with van der Waals surface area (Å²) < 4.78 is 10.5. The molecule has 1 atom stereocenters. The van der Waals surface area contributed by atoms with Gasteiger partial charge in [-0.15, -0.1) is 0 Å². The fourth-order valence-electron chi connectivity index (χ4n) is 1.97. The number of aliphatic hydroxyl groups excluding tert-OH is 1. The van der Waals surface area contributed by atoms with E-state index in [4.69, 9.17) is 13.9 Å². The number of carbonyl (C=O) groups is 1. The van der Waals surface area contributed by atoms with Crippen LogP contribution in [-0.2, 0) is 4.79 Å². The average Bonchev–Trinajstić information content (AvgIpc) is 2.91. The molecule has 86 valence electrons. The van der Waals surface area contributed by atoms with Gasteiger partial charge in [0.05, 0.1) is 12.5 Å². The van der Waals surface area contributed by atoms with Crippen molar-refractivity contribution >= 4 is 27.9 Å². The summed E-state index contributed by atoms with van der Waals surface area (Å²) >= 11 is 0. The highest BCUT2D eigenvalue weighted by atomic mass is 16.4. The van der Waals surface area contributed by atoms with Crippen molar-refractivity contribution in [2.45, 2.75) is 6.10 Å². The number of hydrogen-bond donors (Lipinski definition) is 2. The summed E-state index contributed by atoms with van der Waals surface area (Å²) in [7, 11) is 0. The Morgan fingerprint density at radius 2 is 2.00 bits per heavy atom. The third kappa shape index (κ3) is 1.33. The van der Waals surface area contributed by atoms with Gasteiger partial charge in [0, 0.05) is 16.3 Å². The topological polar surface area (TPSA) is 83.8 Å². The number of aliphatic hydroxyl groups is 1. The molecule has 17 heavy (non-hydrogen) atoms. The number of benzene rings is 1. The van der Waals surface area contributed by atoms with E-state index < -0.39 is 12.1 Å². The summed E-state index contributed by atoms with van der Waals surface area (Å²) in [4.78, 5) is 10.9. The molecule has 0 spiro atoms. The van der Waals surface area contributed by atoms with Crippen LogP contribution in [0.5, 0.6) is 0 Å². The summed E-state index contributed by atoms with van der Waals surface area (Å²) in [6, 6.07) is 5.04. The highest BCUT2D eigenvalue weighted by molar-refractivity contribution is 6.00. The van der Waals surface area contributed by atoms with Crippen molar-refractivity contribution in [1.29, 1.82) is 0 Å². The third-order valence-electron chi connectivity index (χ3n) is 2.72. The first-order valence-electron chi connectivity index (χ1n) is 4.96. The predicted molar refractivity (Wildman–Crippen MR) is 58.6 cm³/mol. The minimum Gasteiger partial charge on any atom is -0.479 e. The molecule has 0 aliphatic carbocycles. The van der Waals surface area contributed by atoms with Crippen LogP contribution in [0, 0.1) is 0 Å². The lowest BCUT2D eigenvalue weighted by atomic mass is 10.0. The quantitative estimate of drug-likeness (QED) is 0.708. The van der Waals surface area contributed by atoms with Gasteiger partial charge in [-0.05, 0) is 18.2 Å². The fraction of sp³-hybridized carbons (Fsp3) is 0.0833. The van der Waals surface area contributed by atoms with Crippen LogP contribution in [0.3, 0.4) is 0 Å². The molecule has 0 radical (unpaired) electrons. The number of aliphatic carboxylic acids is 1. The van der Waals surface area contributed by atoms with Crippen LogP contribution in [0.15, 0.2) is 39.6 Å². The highest BCUT2D eigenvalue weighted by Gasteiger charge is 2.24. The molecule has 0 amide bonds. The molecular formula is C12H8O5. The van der Waals surface area contributed by atoms with Gasteiger partial charge in [-0.1, -0.05) is 0 Å². The minimum absolute atomic E-state index is 0.226. The van der Waals surface area contributed by atoms with Crippen LogP contribution >= 0.6 is 0 Å². The van der Waals surface area contributed by atoms with Crippen LogP contribution in [0.1, 0.15) is 11.7 Å². The minimum atomic E-state index is -1.63. The standard InChI is InChI=1S/C12H8O5/c13-10(12(14)15)9-7-2-4-16-8(7)5-6-1-3-17-11(6)9/h1-5,10,13H,(H,14,15). The maximum Gasteiger partial charge on any atom is 0.337 e. The van der Waals surface area contributed by atoms with Crippen molar-refractivity contribution in [3.05, 3.63) is 36.3 Å². The van der Waals surface area contributed by atoms with E-state index in [-0.39, 0.29) is 5.56 Å². The first-order valence-corrected chi connectivity index (χ1v) is 4.96. The number of furan rings is 2. The van der Waals surface area contributed by atoms with E-state index in [0.717, 1.165) is 0 Å². The lowest BCUT2D eigenvalue weighted by Crippen LogP contribution is -2.10. The first-order chi connectivity index (χ1) is 8.18. The van der Waals surface area contributed by atoms with Crippen molar-refractivity contribution in [2.75, 3.05) is 0 Å². The Bertz CT molecular complexity index is 657. The Kier molecular flexibility index (Phi) is 1.96. The Morgan fingerprint density at radius 1 is 1.24 bits per heavy atom. The van der Waals surface area contributed by atoms with Gasteiger partial charge in [-0.3, -0.25) is 0 Å². The van der Waals surface area contributed by atoms with Crippen LogP contribution in [0.2, 0.25) is 0 Å². The van der Waals surface area contributed by atoms with Gasteiger partial charge in [-0.25, -0.2) is 4.79 Å². The van der Waals surface area contributed by atoms with Gasteiger partial charge < -0.3 is 19.0 Å². The molecule has 0 aliphatic heterocycles. The molecule has 2 heterocycles. The lowest BCUT2D eigenvalue weighted by molar-refractivity contribution is -0.146. The smallest absolute Gasteiger partial charge is 0.337 e. The summed E-state index contributed by atoms with van der Waals surface area (Å²) in [5, 5.41) is 19.9. The zero-order valence-corrected chi connectivity index (χ0v) is 8.58. The molecule has 3 rings (SSSR count). The third-order valence-corrected chi connectivity index (χ3v) is 2.72. The van der Waals surface area contributed by atoms with Crippen LogP contribution in [0.25, 0.3) is 21.9 Å². The number of rotatable bonds is 2. The second kappa shape index (κ2) is 3.36. The van der Waals surface area contributed by atoms with E-state index in [1.165, 1.54) is 12.5 Å². The van der Waals surface area contributed by atoms with Crippen molar-refractivity contribution < 1.29 is 23.8 Å². The molecule has 3 aromatic rings. The van der Waals surface area contributed by atoms with Gasteiger partial charge in [0.2, 0.25) is 0 Å². The van der Waals surface area contributed by atoms with Gasteiger partial charge in [0.15, 0.2) is 6.10 Å². The summed E-state index contributed by atoms with van der Waals surface area (Å²) in [6.07, 6.45) is 1.26. The maximum absolute atomic E-state index is 10.9. The molecule has 5 heteroatoms. The van der Waals surface area contributed by atoms with E-state index in [0.29, 0.717) is 21.9 Å². The largest absolute Gasteiger partial charge is 0.479 e. The van der Waals surface area contributed by atoms with Crippen molar-refractivity contribution in [1.82, 2.24) is 0 Å². The van der Waals surface area contributed by atoms with Crippen LogP contribution in [0.4, 0.5) is 0 Å². The number of carboxylic acid groups (broad SMARTS) is 1. The Hall–Kier alpha value is -2.27. The normalized spacial score (nSPS) is 13.2. The van der Waals surface area contributed by atoms with Crippen molar-refractivity contribution in [3.8, 4) is 0 Å². The molecule has 1 unspecified atom stereocenters. The van der Waals surface area contributed by atoms with E-state index in [1.807, 2.05) is 0 Å². The van der Waals surface area contributed by atoms with Gasteiger partial charge in [0.1, 0.15) is 11.2 Å². The van der Waals surface area contributed by atoms with E-state index in [9.17, 15) is 9.90 Å². The Morgan fingerprint density at radius 3 is 2.76 bits per heavy atom. The molecule has 1 aromatic carbocycles. The number of fused-ring (bicyclic) bond motifs is 2. The zero-order valence-electron chi connectivity index (χ0n) is 8.58. The molecule has 0 fully saturated rings. The van der Waals surface area contributed by atoms with Gasteiger partial charge >= 0.3 is 5.97 Å². The van der Waals surface area contributed by atoms with E-state index in [1.54, 1.807) is 18.2 Å². The molecule has 2 N–H and O–H groups in total. The Labute approximate surface area is 94.9 Å². The lowest BCUT2D eigenvalue weighted by Gasteiger charge is -2.07. The number of carboxylic acids is 1. The predicted octanol–water partition coefficient (Wildman–Crippen LogP) is 2.30. The van der Waals surface area contributed by atoms with Gasteiger partial charge in [-0.2, -0.15) is 0 Å². The van der Waals surface area contributed by atoms with Crippen molar-refractivity contribution in [3.63, 3.8) is 0 Å². The molecule has 5 nitrogen and oxygen atoms in total. The molecule has 0 saturated heterocycles. The molecule has 0 aliphatic rings. The fourth-order valence-corrected chi connectivity index (χ4v) is 1.97. The number of hydrogen-bond acceptors (Lipinski definition) is 4. The van der Waals surface area contributed by atoms with E-state index in [2.05, 4.69) is 0 Å². The first kappa shape index (κ1) is 9.92. The second-order valence-electron chi connectivity index (χ2n) is 3.70. The second-order valence-corrected chi connectivity index (χ2v) is 3.70. The van der Waals surface area contributed by atoms with Gasteiger partial charge in [0.25, 0.3) is 0 Å². The monoisotopic (exact) mass is 232 g/mol. The summed E-state index contributed by atoms with van der Waals surface area (Å²) in [5.74, 6) is -1.32. The molecule has 2 aromatic heterocycles. The zero-order chi connectivity index (χ0) is 12.0. The van der Waals surface area contributed by atoms with Crippen molar-refractivity contribution in [2.24, 2.45) is 0 Å². The average molecular weight is 232 g/mol. The SMILES string of the molecule is O=C(O)C(O)c1c2ccoc2cc2ccoc12. The molecular weight excluding hydrogens is 224 g/mol. The molecule has 0 bridgehead atoms. The Balaban J connectivity index is 2.45. The van der Waals surface area contributed by atoms with E-state index >= 15 is 0 Å². The van der Waals surface area contributed by atoms with Crippen LogP contribution < -0.4 is 0 Å². The van der Waals surface area contributed by atoms with Crippen LogP contribution in [-0.4, -0.2) is 16.2 Å².